The van der Waals surface area contributed by atoms with Crippen LogP contribution in [0.2, 0.25) is 0 Å². The molecule has 0 unspecified atom stereocenters. The Hall–Kier alpha value is -4.88. The second kappa shape index (κ2) is 10.4. The molecule has 0 aliphatic heterocycles. The summed E-state index contributed by atoms with van der Waals surface area (Å²) in [5.41, 5.74) is 8.84. The van der Waals surface area contributed by atoms with E-state index in [4.69, 9.17) is 9.98 Å². The van der Waals surface area contributed by atoms with E-state index in [0.717, 1.165) is 56.9 Å². The summed E-state index contributed by atoms with van der Waals surface area (Å²) in [7, 11) is 0. The summed E-state index contributed by atoms with van der Waals surface area (Å²) in [5.74, 6) is 0. The molecule has 0 saturated heterocycles. The van der Waals surface area contributed by atoms with Crippen molar-refractivity contribution in [2.24, 2.45) is 9.98 Å². The van der Waals surface area contributed by atoms with Crippen LogP contribution < -0.4 is 10.6 Å². The van der Waals surface area contributed by atoms with Crippen LogP contribution >= 0.6 is 11.7 Å². The molecule has 4 aromatic carbocycles. The number of benzene rings is 4. The van der Waals surface area contributed by atoms with E-state index >= 15 is 0 Å². The van der Waals surface area contributed by atoms with Gasteiger partial charge in [0, 0.05) is 22.7 Å². The van der Waals surface area contributed by atoms with Crippen LogP contribution in [0.5, 0.6) is 0 Å². The molecule has 0 spiro atoms. The molecule has 0 radical (unpaired) electrons. The maximum atomic E-state index is 4.82. The summed E-state index contributed by atoms with van der Waals surface area (Å²) in [5, 5.41) is 6.78. The van der Waals surface area contributed by atoms with E-state index in [1.165, 1.54) is 11.7 Å². The number of anilines is 4. The number of allylic oxidation sites excluding steroid dienone is 2. The minimum atomic E-state index is 0.750. The fourth-order valence-corrected chi connectivity index (χ4v) is 4.48. The van der Waals surface area contributed by atoms with Crippen molar-refractivity contribution in [1.29, 1.82) is 0 Å². The number of para-hydroxylation sites is 2. The van der Waals surface area contributed by atoms with E-state index in [2.05, 4.69) is 19.4 Å². The molecule has 1 heterocycles. The van der Waals surface area contributed by atoms with E-state index < -0.39 is 0 Å². The number of hydrogen-bond acceptors (Lipinski definition) is 7. The van der Waals surface area contributed by atoms with Crippen LogP contribution in [0.3, 0.4) is 0 Å². The monoisotopic (exact) mass is 498 g/mol. The van der Waals surface area contributed by atoms with Crippen LogP contribution in [0.4, 0.5) is 34.1 Å². The van der Waals surface area contributed by atoms with Gasteiger partial charge in [-0.15, -0.1) is 0 Å². The average Bonchev–Trinajstić information content (AvgIpc) is 3.44. The Morgan fingerprint density at radius 2 is 0.838 bits per heavy atom. The van der Waals surface area contributed by atoms with Crippen molar-refractivity contribution in [2.75, 3.05) is 10.6 Å². The lowest BCUT2D eigenvalue weighted by atomic mass is 10.0. The molecule has 2 N–H and O–H groups in total. The molecule has 0 saturated carbocycles. The molecule has 0 atom stereocenters. The highest BCUT2D eigenvalue weighted by Gasteiger charge is 2.21. The Bertz CT molecular complexity index is 1470. The first-order valence-corrected chi connectivity index (χ1v) is 12.6. The zero-order chi connectivity index (χ0) is 24.9. The van der Waals surface area contributed by atoms with Gasteiger partial charge in [0.2, 0.25) is 0 Å². The van der Waals surface area contributed by atoms with Gasteiger partial charge in [0.15, 0.2) is 0 Å². The van der Waals surface area contributed by atoms with Crippen LogP contribution in [0.25, 0.3) is 0 Å². The second-order valence-electron chi connectivity index (χ2n) is 8.36. The Labute approximate surface area is 219 Å². The van der Waals surface area contributed by atoms with Crippen LogP contribution in [0.15, 0.2) is 131 Å². The summed E-state index contributed by atoms with van der Waals surface area (Å²) in [6, 6.07) is 36.2. The highest BCUT2D eigenvalue weighted by atomic mass is 32.1. The van der Waals surface area contributed by atoms with Crippen molar-refractivity contribution >= 4 is 57.3 Å². The van der Waals surface area contributed by atoms with Crippen molar-refractivity contribution in [3.63, 3.8) is 0 Å². The minimum Gasteiger partial charge on any atom is -0.356 e. The Morgan fingerprint density at radius 1 is 0.459 bits per heavy atom. The predicted octanol–water partition coefficient (Wildman–Crippen LogP) is 7.84. The van der Waals surface area contributed by atoms with E-state index in [1.807, 2.05) is 121 Å². The Balaban J connectivity index is 1.19. The SMILES string of the molecule is C1=CC(=Nc2ccc(Nc3ccccc3)cc2)c2nsnc2C1=Nc1ccc(Nc2ccccc2)cc1. The summed E-state index contributed by atoms with van der Waals surface area (Å²) in [4.78, 5) is 9.63. The van der Waals surface area contributed by atoms with Crippen molar-refractivity contribution in [2.45, 2.75) is 0 Å². The third-order valence-electron chi connectivity index (χ3n) is 5.73. The van der Waals surface area contributed by atoms with Gasteiger partial charge in [0.25, 0.3) is 0 Å². The molecule has 1 aliphatic carbocycles. The molecule has 0 fully saturated rings. The smallest absolute Gasteiger partial charge is 0.132 e. The van der Waals surface area contributed by atoms with E-state index in [9.17, 15) is 0 Å². The van der Waals surface area contributed by atoms with Gasteiger partial charge in [-0.05, 0) is 84.9 Å². The standard InChI is InChI=1S/C30H22N6S/c1-3-7-21(8-4-1)31-23-11-15-25(16-12-23)33-27-19-20-28(30-29(27)35-37-36-30)34-26-17-13-24(14-18-26)32-22-9-5-2-6-10-22/h1-20,31-32H. The molecule has 0 amide bonds. The van der Waals surface area contributed by atoms with Crippen LogP contribution in [0.1, 0.15) is 11.4 Å². The van der Waals surface area contributed by atoms with Gasteiger partial charge in [-0.1, -0.05) is 36.4 Å². The maximum absolute atomic E-state index is 4.82. The predicted molar refractivity (Wildman–Crippen MR) is 154 cm³/mol. The number of hydrogen-bond donors (Lipinski definition) is 2. The van der Waals surface area contributed by atoms with Gasteiger partial charge in [-0.2, -0.15) is 8.75 Å². The molecule has 1 aromatic heterocycles. The third-order valence-corrected chi connectivity index (χ3v) is 6.26. The van der Waals surface area contributed by atoms with Crippen molar-refractivity contribution in [3.05, 3.63) is 133 Å². The zero-order valence-electron chi connectivity index (χ0n) is 19.7. The molecular formula is C30H22N6S. The molecule has 6 rings (SSSR count). The van der Waals surface area contributed by atoms with E-state index in [1.54, 1.807) is 0 Å². The van der Waals surface area contributed by atoms with Gasteiger partial charge in [-0.3, -0.25) is 0 Å². The highest BCUT2D eigenvalue weighted by molar-refractivity contribution is 6.99. The lowest BCUT2D eigenvalue weighted by molar-refractivity contribution is 1.37. The van der Waals surface area contributed by atoms with Crippen molar-refractivity contribution in [3.8, 4) is 0 Å². The molecule has 37 heavy (non-hydrogen) atoms. The first kappa shape index (κ1) is 22.6. The summed E-state index contributed by atoms with van der Waals surface area (Å²) >= 11 is 1.17. The topological polar surface area (TPSA) is 74.6 Å². The van der Waals surface area contributed by atoms with Gasteiger partial charge in [0.05, 0.1) is 34.5 Å². The number of aromatic nitrogens is 2. The summed E-state index contributed by atoms with van der Waals surface area (Å²) in [6.07, 6.45) is 3.90. The average molecular weight is 499 g/mol. The van der Waals surface area contributed by atoms with E-state index in [-0.39, 0.29) is 0 Å². The minimum absolute atomic E-state index is 0.750. The molecule has 178 valence electrons. The number of nitrogens with one attached hydrogen (secondary N) is 2. The van der Waals surface area contributed by atoms with Gasteiger partial charge >= 0.3 is 0 Å². The molecule has 1 aliphatic rings. The molecule has 6 nitrogen and oxygen atoms in total. The zero-order valence-corrected chi connectivity index (χ0v) is 20.6. The van der Waals surface area contributed by atoms with Gasteiger partial charge in [0.1, 0.15) is 11.4 Å². The highest BCUT2D eigenvalue weighted by Crippen LogP contribution is 2.26. The van der Waals surface area contributed by atoms with Crippen molar-refractivity contribution < 1.29 is 0 Å². The lowest BCUT2D eigenvalue weighted by Crippen LogP contribution is -2.12. The number of nitrogens with zero attached hydrogens (tertiary/aromatic N) is 4. The first-order chi connectivity index (χ1) is 18.3. The Kier molecular flexibility index (Phi) is 6.34. The summed E-state index contributed by atoms with van der Waals surface area (Å²) < 4.78 is 9.01. The summed E-state index contributed by atoms with van der Waals surface area (Å²) in [6.45, 7) is 0. The molecule has 7 heteroatoms. The van der Waals surface area contributed by atoms with Crippen LogP contribution in [-0.4, -0.2) is 20.2 Å². The van der Waals surface area contributed by atoms with Gasteiger partial charge in [-0.25, -0.2) is 9.98 Å². The molecule has 0 bridgehead atoms. The number of fused-ring (bicyclic) bond motifs is 1. The fraction of sp³-hybridized carbons (Fsp3) is 0. The quantitative estimate of drug-likeness (QED) is 0.250. The van der Waals surface area contributed by atoms with Crippen molar-refractivity contribution in [1.82, 2.24) is 8.75 Å². The number of aliphatic imine (C=N–C) groups is 2. The van der Waals surface area contributed by atoms with Gasteiger partial charge < -0.3 is 10.6 Å². The second-order valence-corrected chi connectivity index (χ2v) is 8.89. The normalized spacial score (nSPS) is 14.5. The van der Waals surface area contributed by atoms with E-state index in [0.29, 0.717) is 0 Å². The largest absolute Gasteiger partial charge is 0.356 e. The first-order valence-electron chi connectivity index (χ1n) is 11.8. The fourth-order valence-electron chi connectivity index (χ4n) is 3.91. The molecule has 5 aromatic rings. The molecular weight excluding hydrogens is 476 g/mol. The lowest BCUT2D eigenvalue weighted by Gasteiger charge is -2.10. The third kappa shape index (κ3) is 5.37. The van der Waals surface area contributed by atoms with Crippen LogP contribution in [0, 0.1) is 0 Å². The Morgan fingerprint density at radius 3 is 1.24 bits per heavy atom. The number of rotatable bonds is 6. The van der Waals surface area contributed by atoms with Crippen LogP contribution in [-0.2, 0) is 0 Å². The maximum Gasteiger partial charge on any atom is 0.132 e.